The van der Waals surface area contributed by atoms with Crippen molar-refractivity contribution in [3.63, 3.8) is 0 Å². The zero-order valence-electron chi connectivity index (χ0n) is 19.8. The van der Waals surface area contributed by atoms with Crippen LogP contribution in [-0.2, 0) is 4.79 Å². The molecule has 2 atom stereocenters. The van der Waals surface area contributed by atoms with Gasteiger partial charge < -0.3 is 15.1 Å². The molecule has 0 radical (unpaired) electrons. The average molecular weight is 450 g/mol. The largest absolute Gasteiger partial charge is 0.388 e. The van der Waals surface area contributed by atoms with Gasteiger partial charge >= 0.3 is 0 Å². The molecule has 0 aliphatic carbocycles. The Hall–Kier alpha value is -2.16. The van der Waals surface area contributed by atoms with E-state index in [1.54, 1.807) is 0 Å². The van der Waals surface area contributed by atoms with E-state index in [1.807, 2.05) is 18.0 Å². The van der Waals surface area contributed by atoms with Crippen molar-refractivity contribution < 1.29 is 4.79 Å². The number of likely N-dealkylation sites (tertiary alicyclic amines) is 1. The monoisotopic (exact) mass is 449 g/mol. The van der Waals surface area contributed by atoms with Crippen LogP contribution in [0.3, 0.4) is 0 Å². The third-order valence-corrected chi connectivity index (χ3v) is 8.63. The second-order valence-electron chi connectivity index (χ2n) is 8.94. The van der Waals surface area contributed by atoms with Crippen molar-refractivity contribution in [2.45, 2.75) is 45.8 Å². The van der Waals surface area contributed by atoms with Gasteiger partial charge in [-0.1, -0.05) is 46.7 Å². The molecule has 1 fully saturated rings. The molecule has 0 spiro atoms. The zero-order chi connectivity index (χ0) is 22.7. The number of piperidine rings is 1. The minimum Gasteiger partial charge on any atom is -0.388 e. The number of allylic oxidation sites excluding steroid dienone is 3. The summed E-state index contributed by atoms with van der Waals surface area (Å²) in [7, 11) is 2.51. The zero-order valence-corrected chi connectivity index (χ0v) is 20.8. The highest BCUT2D eigenvalue weighted by Gasteiger charge is 2.33. The third-order valence-electron chi connectivity index (χ3n) is 6.88. The van der Waals surface area contributed by atoms with Gasteiger partial charge in [0, 0.05) is 25.0 Å². The van der Waals surface area contributed by atoms with E-state index >= 15 is 0 Å². The summed E-state index contributed by atoms with van der Waals surface area (Å²) in [5.41, 5.74) is 6.09. The van der Waals surface area contributed by atoms with Crippen LogP contribution in [0.25, 0.3) is 11.4 Å². The van der Waals surface area contributed by atoms with Crippen LogP contribution in [0.5, 0.6) is 0 Å². The van der Waals surface area contributed by atoms with Gasteiger partial charge in [-0.2, -0.15) is 0 Å². The first-order valence-corrected chi connectivity index (χ1v) is 13.0. The van der Waals surface area contributed by atoms with Crippen molar-refractivity contribution in [3.05, 3.63) is 64.9 Å². The summed E-state index contributed by atoms with van der Waals surface area (Å²) in [5, 5.41) is 4.43. The fourth-order valence-corrected chi connectivity index (χ4v) is 6.38. The molecule has 0 bridgehead atoms. The Kier molecular flexibility index (Phi) is 7.33. The number of carbonyl (C=O) groups is 1. The smallest absolute Gasteiger partial charge is 0.252 e. The molecule has 1 amide bonds. The van der Waals surface area contributed by atoms with Crippen molar-refractivity contribution in [1.82, 2.24) is 9.80 Å². The summed E-state index contributed by atoms with van der Waals surface area (Å²) in [6.07, 6.45) is 14.1. The van der Waals surface area contributed by atoms with E-state index < -0.39 is 0 Å². The molecule has 1 aromatic rings. The molecule has 32 heavy (non-hydrogen) atoms. The summed E-state index contributed by atoms with van der Waals surface area (Å²) in [6, 6.07) is 6.48. The molecule has 4 rings (SSSR count). The molecule has 170 valence electrons. The Labute approximate surface area is 194 Å². The first-order chi connectivity index (χ1) is 15.5. The van der Waals surface area contributed by atoms with E-state index in [4.69, 9.17) is 0 Å². The van der Waals surface area contributed by atoms with Crippen LogP contribution in [0.2, 0.25) is 0 Å². The number of fused-ring (bicyclic) bond motifs is 1. The van der Waals surface area contributed by atoms with Crippen molar-refractivity contribution in [2.24, 2.45) is 5.92 Å². The first-order valence-electron chi connectivity index (χ1n) is 12.0. The SMILES string of the molecule is CC/C=C/c1cc(C2=CC(=O)N3C=C(C4CCN(CC)CC4)C=C(C)C3P2)ccc1NC. The number of benzene rings is 1. The number of nitrogens with one attached hydrogen (secondary N) is 1. The topological polar surface area (TPSA) is 35.6 Å². The quantitative estimate of drug-likeness (QED) is 0.548. The lowest BCUT2D eigenvalue weighted by molar-refractivity contribution is -0.123. The van der Waals surface area contributed by atoms with Crippen LogP contribution in [0.4, 0.5) is 5.69 Å². The first kappa shape index (κ1) is 23.0. The Bertz CT molecular complexity index is 983. The second kappa shape index (κ2) is 10.2. The van der Waals surface area contributed by atoms with Crippen LogP contribution >= 0.6 is 8.58 Å². The van der Waals surface area contributed by atoms with E-state index in [0.717, 1.165) is 42.6 Å². The molecule has 1 N–H and O–H groups in total. The molecule has 5 heteroatoms. The van der Waals surface area contributed by atoms with Crippen molar-refractivity contribution >= 4 is 31.6 Å². The molecule has 1 aromatic carbocycles. The van der Waals surface area contributed by atoms with Crippen LogP contribution in [0.15, 0.2) is 53.8 Å². The van der Waals surface area contributed by atoms with Crippen LogP contribution in [0, 0.1) is 5.92 Å². The molecular weight excluding hydrogens is 413 g/mol. The summed E-state index contributed by atoms with van der Waals surface area (Å²) in [4.78, 5) is 17.7. The van der Waals surface area contributed by atoms with E-state index in [1.165, 1.54) is 29.6 Å². The number of nitrogens with zero attached hydrogens (tertiary/aromatic N) is 2. The summed E-state index contributed by atoms with van der Waals surface area (Å²) in [6.45, 7) is 10.0. The van der Waals surface area contributed by atoms with Gasteiger partial charge in [-0.3, -0.25) is 4.79 Å². The van der Waals surface area contributed by atoms with E-state index in [0.29, 0.717) is 14.5 Å². The summed E-state index contributed by atoms with van der Waals surface area (Å²) in [5.74, 6) is 0.834. The maximum absolute atomic E-state index is 13.2. The highest BCUT2D eigenvalue weighted by Crippen LogP contribution is 2.48. The maximum Gasteiger partial charge on any atom is 0.252 e. The predicted octanol–water partition coefficient (Wildman–Crippen LogP) is 5.91. The lowest BCUT2D eigenvalue weighted by Gasteiger charge is -2.39. The molecule has 3 aliphatic rings. The van der Waals surface area contributed by atoms with Crippen molar-refractivity contribution in [1.29, 1.82) is 0 Å². The van der Waals surface area contributed by atoms with Gasteiger partial charge in [0.2, 0.25) is 0 Å². The molecular formula is C27H36N3OP. The number of amides is 1. The summed E-state index contributed by atoms with van der Waals surface area (Å²) >= 11 is 0. The van der Waals surface area contributed by atoms with E-state index in [-0.39, 0.29) is 11.7 Å². The number of carbonyl (C=O) groups excluding carboxylic acids is 1. The van der Waals surface area contributed by atoms with Gasteiger partial charge in [-0.15, -0.1) is 0 Å². The van der Waals surface area contributed by atoms with Gasteiger partial charge in [0.15, 0.2) is 0 Å². The van der Waals surface area contributed by atoms with Gasteiger partial charge in [-0.05, 0) is 91.5 Å². The van der Waals surface area contributed by atoms with Crippen LogP contribution in [0.1, 0.15) is 51.2 Å². The fraction of sp³-hybridized carbons (Fsp3) is 0.444. The minimum atomic E-state index is 0.114. The van der Waals surface area contributed by atoms with E-state index in [9.17, 15) is 4.79 Å². The minimum absolute atomic E-state index is 0.114. The highest BCUT2D eigenvalue weighted by molar-refractivity contribution is 7.51. The molecule has 3 heterocycles. The Balaban J connectivity index is 1.58. The maximum atomic E-state index is 13.2. The van der Waals surface area contributed by atoms with Crippen LogP contribution < -0.4 is 5.32 Å². The van der Waals surface area contributed by atoms with Gasteiger partial charge in [-0.25, -0.2) is 0 Å². The van der Waals surface area contributed by atoms with Gasteiger partial charge in [0.05, 0.1) is 5.78 Å². The normalized spacial score (nSPS) is 23.2. The molecule has 4 nitrogen and oxygen atoms in total. The molecule has 1 saturated heterocycles. The van der Waals surface area contributed by atoms with Gasteiger partial charge in [0.1, 0.15) is 0 Å². The number of hydrogen-bond donors (Lipinski definition) is 1. The van der Waals surface area contributed by atoms with Crippen LogP contribution in [-0.4, -0.2) is 48.2 Å². The number of rotatable bonds is 6. The lowest BCUT2D eigenvalue weighted by atomic mass is 9.87. The third kappa shape index (κ3) is 4.77. The molecule has 0 aromatic heterocycles. The summed E-state index contributed by atoms with van der Waals surface area (Å²) < 4.78 is 0. The standard InChI is InChI=1S/C27H36N3OP/c1-5-7-8-21-16-22(9-10-24(21)28-4)25-17-26(31)30-18-23(15-19(3)27(30)32-25)20-11-13-29(6-2)14-12-20/h7-10,15-18,20,27-28,32H,5-6,11-14H2,1-4H3/b8-7+. The van der Waals surface area contributed by atoms with Crippen molar-refractivity contribution in [2.75, 3.05) is 32.0 Å². The lowest BCUT2D eigenvalue weighted by Crippen LogP contribution is -2.39. The molecule has 2 unspecified atom stereocenters. The molecule has 0 saturated carbocycles. The van der Waals surface area contributed by atoms with Gasteiger partial charge in [0.25, 0.3) is 5.91 Å². The average Bonchev–Trinajstić information content (AvgIpc) is 2.82. The Morgan fingerprint density at radius 1 is 1.19 bits per heavy atom. The Morgan fingerprint density at radius 2 is 1.97 bits per heavy atom. The van der Waals surface area contributed by atoms with Crippen molar-refractivity contribution in [3.8, 4) is 0 Å². The second-order valence-corrected chi connectivity index (χ2v) is 10.3. The predicted molar refractivity (Wildman–Crippen MR) is 139 cm³/mol. The fourth-order valence-electron chi connectivity index (χ4n) is 4.91. The number of hydrogen-bond acceptors (Lipinski definition) is 3. The Morgan fingerprint density at radius 3 is 2.66 bits per heavy atom. The molecule has 3 aliphatic heterocycles. The highest BCUT2D eigenvalue weighted by atomic mass is 31.1. The number of anilines is 1. The van der Waals surface area contributed by atoms with E-state index in [2.05, 4.69) is 73.6 Å².